The molecule has 5 aliphatic rings. The van der Waals surface area contributed by atoms with Crippen molar-refractivity contribution in [2.24, 2.45) is 17.8 Å². The molecule has 1 saturated heterocycles. The summed E-state index contributed by atoms with van der Waals surface area (Å²) in [4.78, 5) is 0. The third-order valence-electron chi connectivity index (χ3n) is 7.85. The quantitative estimate of drug-likeness (QED) is 0.618. The van der Waals surface area contributed by atoms with Gasteiger partial charge in [-0.15, -0.1) is 0 Å². The van der Waals surface area contributed by atoms with Gasteiger partial charge in [0.2, 0.25) is 0 Å². The molecule has 2 nitrogen and oxygen atoms in total. The Bertz CT molecular complexity index is 657. The highest BCUT2D eigenvalue weighted by molar-refractivity contribution is 5.46. The van der Waals surface area contributed by atoms with Gasteiger partial charge >= 0.3 is 0 Å². The fourth-order valence-electron chi connectivity index (χ4n) is 6.90. The van der Waals surface area contributed by atoms with Crippen LogP contribution in [0.25, 0.3) is 0 Å². The maximum atomic E-state index is 6.52. The van der Waals surface area contributed by atoms with Gasteiger partial charge in [-0.25, -0.2) is 0 Å². The topological polar surface area (TPSA) is 18.5 Å². The third-order valence-corrected chi connectivity index (χ3v) is 7.85. The summed E-state index contributed by atoms with van der Waals surface area (Å²) in [6.45, 7) is 7.83. The van der Waals surface area contributed by atoms with E-state index in [-0.39, 0.29) is 11.7 Å². The van der Waals surface area contributed by atoms with E-state index in [4.69, 9.17) is 9.47 Å². The molecule has 0 aromatic heterocycles. The Morgan fingerprint density at radius 2 is 1.63 bits per heavy atom. The molecule has 27 heavy (non-hydrogen) atoms. The van der Waals surface area contributed by atoms with E-state index in [0.29, 0.717) is 5.41 Å². The molecule has 5 fully saturated rings. The number of benzene rings is 1. The van der Waals surface area contributed by atoms with Crippen LogP contribution in [0.4, 0.5) is 0 Å². The first kappa shape index (κ1) is 18.0. The largest absolute Gasteiger partial charge is 0.465 e. The van der Waals surface area contributed by atoms with E-state index in [9.17, 15) is 0 Å². The van der Waals surface area contributed by atoms with E-state index < -0.39 is 0 Å². The summed E-state index contributed by atoms with van der Waals surface area (Å²) in [6.07, 6.45) is 12.0. The van der Waals surface area contributed by atoms with Crippen molar-refractivity contribution in [2.75, 3.05) is 6.61 Å². The Hall–Kier alpha value is -1.02. The van der Waals surface area contributed by atoms with Gasteiger partial charge in [0.25, 0.3) is 0 Å². The predicted molar refractivity (Wildman–Crippen MR) is 109 cm³/mol. The van der Waals surface area contributed by atoms with E-state index in [1.54, 1.807) is 0 Å². The van der Waals surface area contributed by atoms with Crippen LogP contribution in [-0.2, 0) is 15.6 Å². The summed E-state index contributed by atoms with van der Waals surface area (Å²) in [6, 6.07) is 7.08. The van der Waals surface area contributed by atoms with Gasteiger partial charge in [0.15, 0.2) is 6.29 Å². The maximum Gasteiger partial charge on any atom is 0.199 e. The lowest BCUT2D eigenvalue weighted by molar-refractivity contribution is -0.107. The van der Waals surface area contributed by atoms with Gasteiger partial charge in [0.05, 0.1) is 6.61 Å². The van der Waals surface area contributed by atoms with Crippen LogP contribution in [0.3, 0.4) is 0 Å². The molecular weight excluding hydrogens is 332 g/mol. The second kappa shape index (κ2) is 6.51. The molecule has 1 aromatic rings. The number of rotatable bonds is 3. The van der Waals surface area contributed by atoms with Crippen LogP contribution >= 0.6 is 0 Å². The highest BCUT2D eigenvalue weighted by atomic mass is 16.7. The van der Waals surface area contributed by atoms with Crippen LogP contribution in [-0.4, -0.2) is 12.9 Å². The van der Waals surface area contributed by atoms with Gasteiger partial charge in [-0.2, -0.15) is 0 Å². The third kappa shape index (κ3) is 3.33. The Morgan fingerprint density at radius 3 is 2.19 bits per heavy atom. The Labute approximate surface area is 165 Å². The molecule has 6 rings (SSSR count). The lowest BCUT2D eigenvalue weighted by Crippen LogP contribution is -2.48. The van der Waals surface area contributed by atoms with Crippen molar-refractivity contribution in [3.63, 3.8) is 0 Å². The maximum absolute atomic E-state index is 6.52. The molecule has 4 aliphatic carbocycles. The molecule has 4 bridgehead atoms. The molecule has 4 saturated carbocycles. The van der Waals surface area contributed by atoms with Crippen LogP contribution in [0, 0.1) is 17.8 Å². The molecule has 1 aliphatic heterocycles. The Morgan fingerprint density at radius 1 is 0.963 bits per heavy atom. The fourth-order valence-corrected chi connectivity index (χ4v) is 6.90. The van der Waals surface area contributed by atoms with Crippen molar-refractivity contribution in [3.05, 3.63) is 29.3 Å². The van der Waals surface area contributed by atoms with Crippen molar-refractivity contribution in [3.8, 4) is 5.75 Å². The summed E-state index contributed by atoms with van der Waals surface area (Å²) in [7, 11) is 0. The van der Waals surface area contributed by atoms with E-state index in [1.807, 2.05) is 0 Å². The van der Waals surface area contributed by atoms with E-state index in [0.717, 1.165) is 36.5 Å². The molecule has 1 heterocycles. The van der Waals surface area contributed by atoms with Gasteiger partial charge in [-0.3, -0.25) is 0 Å². The van der Waals surface area contributed by atoms with Crippen LogP contribution < -0.4 is 4.74 Å². The van der Waals surface area contributed by atoms with Crippen LogP contribution in [0.1, 0.15) is 89.7 Å². The molecule has 0 spiro atoms. The second-order valence-electron chi connectivity index (χ2n) is 11.1. The number of ether oxygens (including phenoxy) is 2. The van der Waals surface area contributed by atoms with Crippen molar-refractivity contribution < 1.29 is 9.47 Å². The molecular formula is C25H36O2. The second-order valence-corrected chi connectivity index (χ2v) is 11.1. The summed E-state index contributed by atoms with van der Waals surface area (Å²) in [5, 5.41) is 0. The highest BCUT2D eigenvalue weighted by Crippen LogP contribution is 2.62. The smallest absolute Gasteiger partial charge is 0.199 e. The van der Waals surface area contributed by atoms with Gasteiger partial charge in [-0.05, 0) is 91.6 Å². The van der Waals surface area contributed by atoms with E-state index in [2.05, 4.69) is 39.0 Å². The van der Waals surface area contributed by atoms with Crippen LogP contribution in [0.2, 0.25) is 0 Å². The molecule has 1 aromatic carbocycles. The lowest BCUT2D eigenvalue weighted by Gasteiger charge is -2.57. The molecule has 1 unspecified atom stereocenters. The van der Waals surface area contributed by atoms with Crippen molar-refractivity contribution in [1.82, 2.24) is 0 Å². The Balaban J connectivity index is 1.54. The van der Waals surface area contributed by atoms with Gasteiger partial charge in [0, 0.05) is 12.0 Å². The van der Waals surface area contributed by atoms with Crippen molar-refractivity contribution >= 4 is 0 Å². The van der Waals surface area contributed by atoms with E-state index in [1.165, 1.54) is 62.5 Å². The van der Waals surface area contributed by atoms with Gasteiger partial charge in [0.1, 0.15) is 5.75 Å². The number of hydrogen-bond acceptors (Lipinski definition) is 2. The Kier molecular flexibility index (Phi) is 4.35. The summed E-state index contributed by atoms with van der Waals surface area (Å²) >= 11 is 0. The number of hydrogen-bond donors (Lipinski definition) is 0. The van der Waals surface area contributed by atoms with Crippen LogP contribution in [0.5, 0.6) is 5.75 Å². The first-order valence-corrected chi connectivity index (χ1v) is 11.3. The summed E-state index contributed by atoms with van der Waals surface area (Å²) < 4.78 is 12.5. The average Bonchev–Trinajstić information content (AvgIpc) is 2.61. The van der Waals surface area contributed by atoms with Gasteiger partial charge in [-0.1, -0.05) is 32.9 Å². The first-order chi connectivity index (χ1) is 12.9. The normalized spacial score (nSPS) is 38.2. The molecule has 0 N–H and O–H groups in total. The summed E-state index contributed by atoms with van der Waals surface area (Å²) in [5.74, 6) is 3.98. The molecule has 2 heteroatoms. The SMILES string of the molecule is CC(C)(C)c1ccc(OC2CCCCO2)c(C23CC4CC(CC(C4)C2)C3)c1. The molecule has 148 valence electrons. The molecule has 0 radical (unpaired) electrons. The zero-order chi connectivity index (χ0) is 18.6. The zero-order valence-corrected chi connectivity index (χ0v) is 17.4. The minimum Gasteiger partial charge on any atom is -0.465 e. The standard InChI is InChI=1S/C25H36O2/c1-24(2,3)20-7-8-22(27-23-6-4-5-9-26-23)21(13-20)25-14-17-10-18(15-25)12-19(11-17)16-25/h7-8,13,17-19,23H,4-6,9-12,14-16H2,1-3H3. The average molecular weight is 369 g/mol. The minimum absolute atomic E-state index is 0.0492. The fraction of sp³-hybridized carbons (Fsp3) is 0.760. The zero-order valence-electron chi connectivity index (χ0n) is 17.4. The van der Waals surface area contributed by atoms with Gasteiger partial charge < -0.3 is 9.47 Å². The van der Waals surface area contributed by atoms with Crippen molar-refractivity contribution in [1.29, 1.82) is 0 Å². The lowest BCUT2D eigenvalue weighted by atomic mass is 9.48. The highest BCUT2D eigenvalue weighted by Gasteiger charge is 2.52. The van der Waals surface area contributed by atoms with Crippen LogP contribution in [0.15, 0.2) is 18.2 Å². The molecule has 1 atom stereocenters. The summed E-state index contributed by atoms with van der Waals surface area (Å²) in [5.41, 5.74) is 3.50. The molecule has 0 amide bonds. The monoisotopic (exact) mass is 368 g/mol. The predicted octanol–water partition coefficient (Wildman–Crippen LogP) is 6.36. The van der Waals surface area contributed by atoms with E-state index >= 15 is 0 Å². The minimum atomic E-state index is -0.0492. The van der Waals surface area contributed by atoms with Crippen molar-refractivity contribution in [2.45, 2.75) is 95.7 Å². The first-order valence-electron chi connectivity index (χ1n) is 11.3.